The molecule has 0 amide bonds. The second-order valence-electron chi connectivity index (χ2n) is 6.63. The molecule has 2 rings (SSSR count). The Morgan fingerprint density at radius 3 is 2.36 bits per heavy atom. The minimum atomic E-state index is -0.737. The highest BCUT2D eigenvalue weighted by Crippen LogP contribution is 2.25. The van der Waals surface area contributed by atoms with Crippen molar-refractivity contribution in [3.63, 3.8) is 0 Å². The molecule has 1 atom stereocenters. The van der Waals surface area contributed by atoms with Gasteiger partial charge in [-0.1, -0.05) is 23.8 Å². The number of carbonyl (C=O) groups is 1. The molecule has 0 radical (unpaired) electrons. The maximum atomic E-state index is 10.4. The van der Waals surface area contributed by atoms with Gasteiger partial charge in [0, 0.05) is 12.5 Å². The number of phenolic OH excluding ortho intramolecular Hbond substituents is 1. The number of aliphatic hydroxyl groups is 1. The van der Waals surface area contributed by atoms with Gasteiger partial charge in [0.1, 0.15) is 23.5 Å². The Morgan fingerprint density at radius 2 is 1.82 bits per heavy atom. The van der Waals surface area contributed by atoms with Crippen LogP contribution in [0.25, 0.3) is 0 Å². The van der Waals surface area contributed by atoms with E-state index >= 15 is 0 Å². The molecule has 2 aromatic rings. The van der Waals surface area contributed by atoms with E-state index in [-0.39, 0.29) is 12.2 Å². The van der Waals surface area contributed by atoms with Crippen LogP contribution < -0.4 is 9.47 Å². The zero-order chi connectivity index (χ0) is 21.1. The summed E-state index contributed by atoms with van der Waals surface area (Å²) in [5, 5.41) is 18.9. The Labute approximate surface area is 167 Å². The molecule has 152 valence electrons. The fourth-order valence-electron chi connectivity index (χ4n) is 2.42. The Kier molecular flexibility index (Phi) is 9.82. The van der Waals surface area contributed by atoms with Crippen LogP contribution in [-0.4, -0.2) is 30.7 Å². The molecule has 28 heavy (non-hydrogen) atoms. The average Bonchev–Trinajstić information content (AvgIpc) is 2.68. The van der Waals surface area contributed by atoms with E-state index in [1.807, 2.05) is 45.0 Å². The number of allylic oxidation sites excluding steroid dienone is 2. The topological polar surface area (TPSA) is 76.0 Å². The summed E-state index contributed by atoms with van der Waals surface area (Å²) in [5.41, 5.74) is 3.86. The zero-order valence-corrected chi connectivity index (χ0v) is 17.2. The van der Waals surface area contributed by atoms with E-state index in [2.05, 4.69) is 6.08 Å². The minimum absolute atomic E-state index is 0.119. The number of carbonyl (C=O) groups excluding carboxylic acids is 1. The van der Waals surface area contributed by atoms with E-state index in [0.29, 0.717) is 5.75 Å². The number of aliphatic hydroxyl groups excluding tert-OH is 1. The first-order chi connectivity index (χ1) is 13.3. The number of methoxy groups -OCH3 is 2. The van der Waals surface area contributed by atoms with Crippen molar-refractivity contribution in [2.75, 3.05) is 14.2 Å². The van der Waals surface area contributed by atoms with Crippen molar-refractivity contribution in [1.82, 2.24) is 0 Å². The molecular weight excluding hydrogens is 356 g/mol. The first kappa shape index (κ1) is 23.2. The van der Waals surface area contributed by atoms with E-state index in [9.17, 15) is 9.90 Å². The fraction of sp³-hybridized carbons (Fsp3) is 0.348. The number of aromatic hydroxyl groups is 1. The first-order valence-corrected chi connectivity index (χ1v) is 9.07. The Morgan fingerprint density at radius 1 is 1.11 bits per heavy atom. The molecule has 0 aliphatic heterocycles. The maximum Gasteiger partial charge on any atom is 0.122 e. The van der Waals surface area contributed by atoms with Crippen molar-refractivity contribution in [2.45, 2.75) is 39.7 Å². The third-order valence-corrected chi connectivity index (χ3v) is 4.16. The lowest BCUT2D eigenvalue weighted by Crippen LogP contribution is -2.00. The molecule has 2 N–H and O–H groups in total. The number of ether oxygens (including phenoxy) is 2. The minimum Gasteiger partial charge on any atom is -0.508 e. The van der Waals surface area contributed by atoms with Crippen LogP contribution in [0.4, 0.5) is 0 Å². The molecule has 0 saturated carbocycles. The summed E-state index contributed by atoms with van der Waals surface area (Å²) in [6.45, 7) is 5.92. The van der Waals surface area contributed by atoms with Gasteiger partial charge >= 0.3 is 0 Å². The number of phenols is 1. The van der Waals surface area contributed by atoms with Gasteiger partial charge in [0.05, 0.1) is 20.3 Å². The van der Waals surface area contributed by atoms with Crippen LogP contribution in [0.1, 0.15) is 43.1 Å². The van der Waals surface area contributed by atoms with Crippen molar-refractivity contribution in [3.8, 4) is 17.2 Å². The summed E-state index contributed by atoms with van der Waals surface area (Å²) in [4.78, 5) is 10.4. The molecule has 0 aliphatic carbocycles. The molecule has 1 unspecified atom stereocenters. The second kappa shape index (κ2) is 11.8. The summed E-state index contributed by atoms with van der Waals surface area (Å²) >= 11 is 0. The van der Waals surface area contributed by atoms with Crippen LogP contribution in [-0.2, 0) is 11.2 Å². The number of aryl methyl sites for hydroxylation is 1. The second-order valence-corrected chi connectivity index (χ2v) is 6.63. The summed E-state index contributed by atoms with van der Waals surface area (Å²) in [6.07, 6.45) is 2.97. The van der Waals surface area contributed by atoms with Gasteiger partial charge in [-0.2, -0.15) is 0 Å². The van der Waals surface area contributed by atoms with Gasteiger partial charge in [-0.3, -0.25) is 0 Å². The first-order valence-electron chi connectivity index (χ1n) is 9.07. The van der Waals surface area contributed by atoms with Gasteiger partial charge in [0.25, 0.3) is 0 Å². The largest absolute Gasteiger partial charge is 0.508 e. The number of aldehydes is 1. The summed E-state index contributed by atoms with van der Waals surface area (Å²) in [6, 6.07) is 10.7. The number of rotatable bonds is 7. The third kappa shape index (κ3) is 7.45. The maximum absolute atomic E-state index is 10.4. The van der Waals surface area contributed by atoms with Crippen molar-refractivity contribution in [3.05, 3.63) is 64.7 Å². The lowest BCUT2D eigenvalue weighted by Gasteiger charge is -2.12. The molecule has 0 aliphatic rings. The molecule has 5 heteroatoms. The lowest BCUT2D eigenvalue weighted by atomic mass is 10.0. The van der Waals surface area contributed by atoms with Crippen LogP contribution in [0.2, 0.25) is 0 Å². The van der Waals surface area contributed by atoms with Crippen LogP contribution in [0, 0.1) is 6.92 Å². The lowest BCUT2D eigenvalue weighted by molar-refractivity contribution is -0.109. The van der Waals surface area contributed by atoms with Crippen molar-refractivity contribution < 1.29 is 24.5 Å². The average molecular weight is 386 g/mol. The molecule has 5 nitrogen and oxygen atoms in total. The SMILES string of the molecule is COc1ccc(C(O)CC=O)cc1CC=C(C)C.COc1ccc(C)c(O)c1. The molecular formula is C23H30O5. The van der Waals surface area contributed by atoms with E-state index in [1.165, 1.54) is 5.57 Å². The molecule has 0 aromatic heterocycles. The summed E-state index contributed by atoms with van der Waals surface area (Å²) < 4.78 is 10.2. The van der Waals surface area contributed by atoms with Crippen LogP contribution >= 0.6 is 0 Å². The Balaban J connectivity index is 0.000000330. The van der Waals surface area contributed by atoms with Crippen molar-refractivity contribution in [2.24, 2.45) is 0 Å². The van der Waals surface area contributed by atoms with Gasteiger partial charge in [0.2, 0.25) is 0 Å². The highest BCUT2D eigenvalue weighted by Gasteiger charge is 2.10. The standard InChI is InChI=1S/C15H20O3.C8H10O2/c1-11(2)4-5-13-10-12(14(17)8-9-16)6-7-15(13)18-3;1-6-3-4-7(10-2)5-8(6)9/h4,6-7,9-10,14,17H,5,8H2,1-3H3;3-5,9H,1-2H3. The quantitative estimate of drug-likeness (QED) is 0.540. The van der Waals surface area contributed by atoms with Crippen LogP contribution in [0.5, 0.6) is 17.2 Å². The molecule has 0 bridgehead atoms. The molecule has 0 fully saturated rings. The molecule has 0 spiro atoms. The summed E-state index contributed by atoms with van der Waals surface area (Å²) in [7, 11) is 3.20. The summed E-state index contributed by atoms with van der Waals surface area (Å²) in [5.74, 6) is 1.76. The Hall–Kier alpha value is -2.79. The Bertz CT molecular complexity index is 792. The predicted octanol–water partition coefficient (Wildman–Crippen LogP) is 4.54. The van der Waals surface area contributed by atoms with Gasteiger partial charge in [-0.25, -0.2) is 0 Å². The van der Waals surface area contributed by atoms with Crippen molar-refractivity contribution in [1.29, 1.82) is 0 Å². The van der Waals surface area contributed by atoms with E-state index in [4.69, 9.17) is 14.6 Å². The van der Waals surface area contributed by atoms with Crippen LogP contribution in [0.15, 0.2) is 48.0 Å². The fourth-order valence-corrected chi connectivity index (χ4v) is 2.42. The molecule has 2 aromatic carbocycles. The predicted molar refractivity (Wildman–Crippen MR) is 111 cm³/mol. The number of benzene rings is 2. The zero-order valence-electron chi connectivity index (χ0n) is 17.2. The molecule has 0 saturated heterocycles. The van der Waals surface area contributed by atoms with E-state index in [0.717, 1.165) is 35.1 Å². The third-order valence-electron chi connectivity index (χ3n) is 4.16. The van der Waals surface area contributed by atoms with E-state index < -0.39 is 6.10 Å². The van der Waals surface area contributed by atoms with Gasteiger partial charge in [0.15, 0.2) is 0 Å². The number of hydrogen-bond donors (Lipinski definition) is 2. The van der Waals surface area contributed by atoms with Gasteiger partial charge < -0.3 is 24.5 Å². The normalized spacial score (nSPS) is 10.9. The van der Waals surface area contributed by atoms with Crippen molar-refractivity contribution >= 4 is 6.29 Å². The highest BCUT2D eigenvalue weighted by molar-refractivity contribution is 5.51. The number of hydrogen-bond acceptors (Lipinski definition) is 5. The monoisotopic (exact) mass is 386 g/mol. The van der Waals surface area contributed by atoms with Crippen LogP contribution in [0.3, 0.4) is 0 Å². The molecule has 0 heterocycles. The van der Waals surface area contributed by atoms with Gasteiger partial charge in [-0.05, 0) is 62.1 Å². The smallest absolute Gasteiger partial charge is 0.122 e. The van der Waals surface area contributed by atoms with Gasteiger partial charge in [-0.15, -0.1) is 0 Å². The van der Waals surface area contributed by atoms with E-state index in [1.54, 1.807) is 26.4 Å². The highest BCUT2D eigenvalue weighted by atomic mass is 16.5.